The summed E-state index contributed by atoms with van der Waals surface area (Å²) in [6.45, 7) is 5.85. The van der Waals surface area contributed by atoms with E-state index in [-0.39, 0.29) is 5.54 Å². The number of rotatable bonds is 7. The van der Waals surface area contributed by atoms with Crippen LogP contribution in [0.25, 0.3) is 0 Å². The first-order valence-electron chi connectivity index (χ1n) is 9.22. The Morgan fingerprint density at radius 3 is 2.38 bits per heavy atom. The molecular formula is C18H36N2O. The molecule has 21 heavy (non-hydrogen) atoms. The highest BCUT2D eigenvalue weighted by Crippen LogP contribution is 2.36. The molecule has 0 aromatic heterocycles. The maximum absolute atomic E-state index is 9.84. The minimum atomic E-state index is -0.00441. The lowest BCUT2D eigenvalue weighted by Crippen LogP contribution is -2.49. The topological polar surface area (TPSA) is 35.5 Å². The van der Waals surface area contributed by atoms with Crippen molar-refractivity contribution in [3.8, 4) is 0 Å². The van der Waals surface area contributed by atoms with E-state index in [1.807, 2.05) is 0 Å². The van der Waals surface area contributed by atoms with Crippen molar-refractivity contribution in [2.75, 3.05) is 20.2 Å². The Morgan fingerprint density at radius 1 is 1.10 bits per heavy atom. The lowest BCUT2D eigenvalue weighted by atomic mass is 9.83. The van der Waals surface area contributed by atoms with Crippen LogP contribution in [0.2, 0.25) is 0 Å². The third-order valence-electron chi connectivity index (χ3n) is 6.18. The third-order valence-corrected chi connectivity index (χ3v) is 6.18. The van der Waals surface area contributed by atoms with Crippen LogP contribution in [0.1, 0.15) is 71.6 Å². The molecule has 2 fully saturated rings. The van der Waals surface area contributed by atoms with E-state index in [4.69, 9.17) is 0 Å². The lowest BCUT2D eigenvalue weighted by Gasteiger charge is -2.38. The van der Waals surface area contributed by atoms with E-state index in [0.29, 0.717) is 12.6 Å². The van der Waals surface area contributed by atoms with E-state index in [9.17, 15) is 5.11 Å². The van der Waals surface area contributed by atoms with Gasteiger partial charge in [-0.2, -0.15) is 0 Å². The quantitative estimate of drug-likeness (QED) is 0.757. The molecule has 0 spiro atoms. The maximum atomic E-state index is 9.84. The maximum Gasteiger partial charge on any atom is 0.0613 e. The van der Waals surface area contributed by atoms with Gasteiger partial charge in [0, 0.05) is 17.6 Å². The fraction of sp³-hybridized carbons (Fsp3) is 1.00. The van der Waals surface area contributed by atoms with E-state index in [2.05, 4.69) is 31.1 Å². The number of aliphatic hydroxyl groups is 1. The lowest BCUT2D eigenvalue weighted by molar-refractivity contribution is 0.106. The predicted octanol–water partition coefficient (Wildman–Crippen LogP) is 3.17. The molecule has 0 saturated heterocycles. The second kappa shape index (κ2) is 7.94. The predicted molar refractivity (Wildman–Crippen MR) is 89.5 cm³/mol. The standard InChI is InChI=1S/C18H36N2O/c1-4-12-19-18(14-21)11-10-17(13-18)20(3)16-8-6-15(5-2)7-9-16/h15-17,19,21H,4-14H2,1-3H3. The average molecular weight is 296 g/mol. The van der Waals surface area contributed by atoms with Gasteiger partial charge < -0.3 is 15.3 Å². The van der Waals surface area contributed by atoms with Gasteiger partial charge in [-0.15, -0.1) is 0 Å². The van der Waals surface area contributed by atoms with Crippen LogP contribution in [0.5, 0.6) is 0 Å². The zero-order valence-corrected chi connectivity index (χ0v) is 14.4. The number of hydrogen-bond donors (Lipinski definition) is 2. The molecule has 0 aromatic carbocycles. The molecule has 0 aliphatic heterocycles. The van der Waals surface area contributed by atoms with Crippen LogP contribution in [0.3, 0.4) is 0 Å². The van der Waals surface area contributed by atoms with E-state index in [1.54, 1.807) is 0 Å². The Hall–Kier alpha value is -0.120. The van der Waals surface area contributed by atoms with Crippen molar-refractivity contribution in [3.05, 3.63) is 0 Å². The first kappa shape index (κ1) is 17.2. The van der Waals surface area contributed by atoms with Gasteiger partial charge in [0.1, 0.15) is 0 Å². The first-order valence-corrected chi connectivity index (χ1v) is 9.22. The number of hydrogen-bond acceptors (Lipinski definition) is 3. The minimum Gasteiger partial charge on any atom is -0.394 e. The van der Waals surface area contributed by atoms with Crippen LogP contribution < -0.4 is 5.32 Å². The van der Waals surface area contributed by atoms with Crippen LogP contribution in [0, 0.1) is 5.92 Å². The zero-order chi connectivity index (χ0) is 15.3. The molecule has 2 saturated carbocycles. The third kappa shape index (κ3) is 4.20. The van der Waals surface area contributed by atoms with Crippen LogP contribution in [-0.2, 0) is 0 Å². The van der Waals surface area contributed by atoms with Crippen LogP contribution >= 0.6 is 0 Å². The van der Waals surface area contributed by atoms with Gasteiger partial charge >= 0.3 is 0 Å². The molecule has 0 heterocycles. The second-order valence-corrected chi connectivity index (χ2v) is 7.51. The Labute approximate surface area is 131 Å². The molecule has 2 rings (SSSR count). The van der Waals surface area contributed by atoms with Crippen molar-refractivity contribution in [2.45, 2.75) is 89.3 Å². The number of nitrogens with one attached hydrogen (secondary N) is 1. The summed E-state index contributed by atoms with van der Waals surface area (Å²) in [6, 6.07) is 1.43. The summed E-state index contributed by atoms with van der Waals surface area (Å²) in [5.41, 5.74) is -0.00441. The Balaban J connectivity index is 1.85. The average Bonchev–Trinajstić information content (AvgIpc) is 2.97. The summed E-state index contributed by atoms with van der Waals surface area (Å²) in [6.07, 6.45) is 11.6. The highest BCUT2D eigenvalue weighted by atomic mass is 16.3. The summed E-state index contributed by atoms with van der Waals surface area (Å²) >= 11 is 0. The first-order chi connectivity index (χ1) is 10.1. The van der Waals surface area contributed by atoms with Gasteiger partial charge in [0.25, 0.3) is 0 Å². The van der Waals surface area contributed by atoms with Gasteiger partial charge in [-0.25, -0.2) is 0 Å². The number of nitrogens with zero attached hydrogens (tertiary/aromatic N) is 1. The van der Waals surface area contributed by atoms with Crippen LogP contribution in [0.15, 0.2) is 0 Å². The fourth-order valence-corrected chi connectivity index (χ4v) is 4.45. The molecule has 3 heteroatoms. The van der Waals surface area contributed by atoms with Crippen LogP contribution in [0.4, 0.5) is 0 Å². The molecule has 2 unspecified atom stereocenters. The molecule has 0 radical (unpaired) electrons. The van der Waals surface area contributed by atoms with Crippen molar-refractivity contribution in [2.24, 2.45) is 5.92 Å². The number of aliphatic hydroxyl groups excluding tert-OH is 1. The van der Waals surface area contributed by atoms with Crippen molar-refractivity contribution >= 4 is 0 Å². The fourth-order valence-electron chi connectivity index (χ4n) is 4.45. The molecule has 2 aliphatic carbocycles. The van der Waals surface area contributed by atoms with Gasteiger partial charge in [0.2, 0.25) is 0 Å². The summed E-state index contributed by atoms with van der Waals surface area (Å²) < 4.78 is 0. The van der Waals surface area contributed by atoms with Gasteiger partial charge in [0.05, 0.1) is 6.61 Å². The molecule has 3 nitrogen and oxygen atoms in total. The molecular weight excluding hydrogens is 260 g/mol. The van der Waals surface area contributed by atoms with E-state index >= 15 is 0 Å². The Morgan fingerprint density at radius 2 is 1.81 bits per heavy atom. The summed E-state index contributed by atoms with van der Waals surface area (Å²) in [7, 11) is 2.33. The molecule has 0 amide bonds. The highest BCUT2D eigenvalue weighted by molar-refractivity contribution is 5.00. The van der Waals surface area contributed by atoms with E-state index < -0.39 is 0 Å². The van der Waals surface area contributed by atoms with Crippen molar-refractivity contribution in [3.63, 3.8) is 0 Å². The smallest absolute Gasteiger partial charge is 0.0613 e. The SMILES string of the molecule is CCCNC1(CO)CCC(N(C)C2CCC(CC)CC2)C1. The van der Waals surface area contributed by atoms with E-state index in [0.717, 1.165) is 37.8 Å². The van der Waals surface area contributed by atoms with Crippen molar-refractivity contribution in [1.29, 1.82) is 0 Å². The van der Waals surface area contributed by atoms with E-state index in [1.165, 1.54) is 38.5 Å². The minimum absolute atomic E-state index is 0.00441. The summed E-state index contributed by atoms with van der Waals surface area (Å²) in [5, 5.41) is 13.5. The van der Waals surface area contributed by atoms with Gasteiger partial charge in [-0.1, -0.05) is 20.3 Å². The Kier molecular flexibility index (Phi) is 6.51. The van der Waals surface area contributed by atoms with Gasteiger partial charge in [-0.05, 0) is 70.9 Å². The van der Waals surface area contributed by atoms with Gasteiger partial charge in [-0.3, -0.25) is 0 Å². The molecule has 0 aromatic rings. The summed E-state index contributed by atoms with van der Waals surface area (Å²) in [5.74, 6) is 0.973. The zero-order valence-electron chi connectivity index (χ0n) is 14.4. The molecule has 2 atom stereocenters. The normalized spacial score (nSPS) is 37.3. The van der Waals surface area contributed by atoms with Crippen LogP contribution in [-0.4, -0.2) is 47.8 Å². The largest absolute Gasteiger partial charge is 0.394 e. The van der Waals surface area contributed by atoms with Crippen molar-refractivity contribution < 1.29 is 5.11 Å². The highest BCUT2D eigenvalue weighted by Gasteiger charge is 2.41. The second-order valence-electron chi connectivity index (χ2n) is 7.51. The van der Waals surface area contributed by atoms with Crippen molar-refractivity contribution in [1.82, 2.24) is 10.2 Å². The molecule has 2 N–H and O–H groups in total. The molecule has 0 bridgehead atoms. The molecule has 2 aliphatic rings. The Bertz CT molecular complexity index is 302. The molecule has 124 valence electrons. The monoisotopic (exact) mass is 296 g/mol. The van der Waals surface area contributed by atoms with Gasteiger partial charge in [0.15, 0.2) is 0 Å². The summed E-state index contributed by atoms with van der Waals surface area (Å²) in [4.78, 5) is 2.65.